The van der Waals surface area contributed by atoms with Crippen LogP contribution >= 0.6 is 0 Å². The molecule has 0 radical (unpaired) electrons. The van der Waals surface area contributed by atoms with Crippen LogP contribution in [0.15, 0.2) is 48.5 Å². The van der Waals surface area contributed by atoms with E-state index in [2.05, 4.69) is 23.2 Å². The second-order valence-corrected chi connectivity index (χ2v) is 6.99. The van der Waals surface area contributed by atoms with Crippen molar-refractivity contribution in [2.24, 2.45) is 0 Å². The molecule has 0 spiro atoms. The van der Waals surface area contributed by atoms with Crippen LogP contribution < -0.4 is 10.2 Å². The van der Waals surface area contributed by atoms with E-state index in [1.807, 2.05) is 42.5 Å². The Bertz CT molecular complexity index is 701. The fourth-order valence-electron chi connectivity index (χ4n) is 3.75. The van der Waals surface area contributed by atoms with Gasteiger partial charge in [0.05, 0.1) is 6.61 Å². The monoisotopic (exact) mass is 356 g/mol. The Hall–Kier alpha value is -1.91. The zero-order chi connectivity index (χ0) is 18.4. The maximum atomic E-state index is 16.0. The zero-order valence-electron chi connectivity index (χ0n) is 15.8. The van der Waals surface area contributed by atoms with Gasteiger partial charge in [-0.05, 0) is 29.2 Å². The van der Waals surface area contributed by atoms with Crippen LogP contribution in [0.2, 0.25) is 0 Å². The largest absolute Gasteiger partial charge is 0.381 e. The highest BCUT2D eigenvalue weighted by molar-refractivity contribution is 5.56. The number of aryl methyl sites for hydroxylation is 1. The van der Waals surface area contributed by atoms with E-state index in [0.29, 0.717) is 12.0 Å². The van der Waals surface area contributed by atoms with Crippen LogP contribution in [0.1, 0.15) is 23.6 Å². The van der Waals surface area contributed by atoms with Crippen LogP contribution in [-0.2, 0) is 23.2 Å². The molecule has 0 amide bonds. The smallest absolute Gasteiger partial charge is 0.163 e. The van der Waals surface area contributed by atoms with Gasteiger partial charge < -0.3 is 15.0 Å². The molecule has 26 heavy (non-hydrogen) atoms. The van der Waals surface area contributed by atoms with E-state index in [1.165, 1.54) is 11.3 Å². The number of nitrogens with one attached hydrogen (secondary N) is 1. The topological polar surface area (TPSA) is 24.5 Å². The summed E-state index contributed by atoms with van der Waals surface area (Å²) in [5.74, 6) is 0. The van der Waals surface area contributed by atoms with E-state index in [0.717, 1.165) is 38.2 Å². The van der Waals surface area contributed by atoms with Crippen LogP contribution in [0.3, 0.4) is 0 Å². The normalized spacial score (nSPS) is 17.1. The highest BCUT2D eigenvalue weighted by atomic mass is 19.1. The quantitative estimate of drug-likeness (QED) is 0.818. The summed E-state index contributed by atoms with van der Waals surface area (Å²) in [5, 5.41) is 3.38. The number of rotatable bonds is 7. The van der Waals surface area contributed by atoms with Gasteiger partial charge in [-0.1, -0.05) is 49.4 Å². The third kappa shape index (κ3) is 4.25. The molecule has 2 aromatic rings. The van der Waals surface area contributed by atoms with Crippen LogP contribution in [0.4, 0.5) is 10.1 Å². The minimum atomic E-state index is -1.53. The van der Waals surface area contributed by atoms with Gasteiger partial charge in [0.15, 0.2) is 5.67 Å². The molecule has 3 rings (SSSR count). The second kappa shape index (κ2) is 8.65. The average molecular weight is 356 g/mol. The first kappa shape index (κ1) is 18.9. The molecule has 0 aliphatic carbocycles. The molecule has 1 aliphatic rings. The van der Waals surface area contributed by atoms with E-state index in [-0.39, 0.29) is 6.61 Å². The fourth-order valence-corrected chi connectivity index (χ4v) is 3.75. The highest BCUT2D eigenvalue weighted by Gasteiger charge is 2.33. The molecule has 2 aromatic carbocycles. The molecule has 0 saturated carbocycles. The fraction of sp³-hybridized carbons (Fsp3) is 0.455. The van der Waals surface area contributed by atoms with Crippen molar-refractivity contribution in [2.75, 3.05) is 44.8 Å². The van der Waals surface area contributed by atoms with Gasteiger partial charge in [0.1, 0.15) is 0 Å². The summed E-state index contributed by atoms with van der Waals surface area (Å²) >= 11 is 0. The van der Waals surface area contributed by atoms with Crippen molar-refractivity contribution >= 4 is 5.69 Å². The molecular formula is C22H29FN2O. The summed E-state index contributed by atoms with van der Waals surface area (Å²) in [4.78, 5) is 2.40. The molecule has 140 valence electrons. The Morgan fingerprint density at radius 1 is 1.12 bits per heavy atom. The van der Waals surface area contributed by atoms with Gasteiger partial charge in [-0.15, -0.1) is 0 Å². The number of benzene rings is 2. The summed E-state index contributed by atoms with van der Waals surface area (Å²) in [6.07, 6.45) is 1.21. The zero-order valence-corrected chi connectivity index (χ0v) is 15.8. The Kier molecular flexibility index (Phi) is 6.28. The SMILES string of the molecule is CCc1cc(C(F)(COC)Cc2ccccc2)ccc1N1CCNCC1. The summed E-state index contributed by atoms with van der Waals surface area (Å²) in [6, 6.07) is 15.9. The lowest BCUT2D eigenvalue weighted by Gasteiger charge is -2.32. The van der Waals surface area contributed by atoms with E-state index < -0.39 is 5.67 Å². The molecule has 1 unspecified atom stereocenters. The number of alkyl halides is 1. The maximum absolute atomic E-state index is 16.0. The summed E-state index contributed by atoms with van der Waals surface area (Å²) in [5.41, 5.74) is 2.60. The average Bonchev–Trinajstić information content (AvgIpc) is 2.69. The number of halogens is 1. The first-order chi connectivity index (χ1) is 12.7. The maximum Gasteiger partial charge on any atom is 0.163 e. The molecule has 1 heterocycles. The lowest BCUT2D eigenvalue weighted by molar-refractivity contribution is 0.0383. The number of ether oxygens (including phenoxy) is 1. The van der Waals surface area contributed by atoms with Gasteiger partial charge in [0, 0.05) is 45.4 Å². The van der Waals surface area contributed by atoms with E-state index in [9.17, 15) is 0 Å². The lowest BCUT2D eigenvalue weighted by atomic mass is 9.87. The van der Waals surface area contributed by atoms with Gasteiger partial charge in [-0.2, -0.15) is 0 Å². The van der Waals surface area contributed by atoms with Crippen LogP contribution in [0.25, 0.3) is 0 Å². The van der Waals surface area contributed by atoms with Crippen molar-refractivity contribution in [3.63, 3.8) is 0 Å². The number of piperazine rings is 1. The lowest BCUT2D eigenvalue weighted by Crippen LogP contribution is -2.44. The summed E-state index contributed by atoms with van der Waals surface area (Å²) in [7, 11) is 1.56. The standard InChI is InChI=1S/C22H29FN2O/c1-3-19-15-20(9-10-21(19)25-13-11-24-12-14-25)22(23,17-26-2)16-18-7-5-4-6-8-18/h4-10,15,24H,3,11-14,16-17H2,1-2H3. The molecule has 4 heteroatoms. The third-order valence-corrected chi connectivity index (χ3v) is 5.14. The Labute approximate surface area is 156 Å². The summed E-state index contributed by atoms with van der Waals surface area (Å²) in [6.45, 7) is 6.17. The summed E-state index contributed by atoms with van der Waals surface area (Å²) < 4.78 is 21.2. The molecular weight excluding hydrogens is 327 g/mol. The van der Waals surface area contributed by atoms with Crippen molar-refractivity contribution in [1.82, 2.24) is 5.32 Å². The first-order valence-electron chi connectivity index (χ1n) is 9.47. The molecule has 1 saturated heterocycles. The van der Waals surface area contributed by atoms with E-state index in [1.54, 1.807) is 7.11 Å². The molecule has 1 N–H and O–H groups in total. The second-order valence-electron chi connectivity index (χ2n) is 6.99. The highest BCUT2D eigenvalue weighted by Crippen LogP contribution is 2.34. The van der Waals surface area contributed by atoms with Crippen molar-refractivity contribution in [2.45, 2.75) is 25.4 Å². The first-order valence-corrected chi connectivity index (χ1v) is 9.47. The minimum Gasteiger partial charge on any atom is -0.381 e. The Morgan fingerprint density at radius 3 is 2.50 bits per heavy atom. The molecule has 0 aromatic heterocycles. The number of methoxy groups -OCH3 is 1. The molecule has 1 fully saturated rings. The van der Waals surface area contributed by atoms with Crippen molar-refractivity contribution < 1.29 is 9.13 Å². The van der Waals surface area contributed by atoms with Crippen molar-refractivity contribution in [1.29, 1.82) is 0 Å². The number of anilines is 1. The van der Waals surface area contributed by atoms with Gasteiger partial charge in [0.2, 0.25) is 0 Å². The number of hydrogen-bond acceptors (Lipinski definition) is 3. The van der Waals surface area contributed by atoms with Crippen molar-refractivity contribution in [3.05, 3.63) is 65.2 Å². The molecule has 1 atom stereocenters. The Balaban J connectivity index is 1.91. The predicted octanol–water partition coefficient (Wildman–Crippen LogP) is 3.71. The molecule has 0 bridgehead atoms. The van der Waals surface area contributed by atoms with Gasteiger partial charge in [0.25, 0.3) is 0 Å². The minimum absolute atomic E-state index is 0.0536. The molecule has 3 nitrogen and oxygen atoms in total. The van der Waals surface area contributed by atoms with Crippen molar-refractivity contribution in [3.8, 4) is 0 Å². The van der Waals surface area contributed by atoms with E-state index in [4.69, 9.17) is 4.74 Å². The van der Waals surface area contributed by atoms with Gasteiger partial charge >= 0.3 is 0 Å². The van der Waals surface area contributed by atoms with Gasteiger partial charge in [-0.3, -0.25) is 0 Å². The number of hydrogen-bond donors (Lipinski definition) is 1. The van der Waals surface area contributed by atoms with Crippen LogP contribution in [-0.4, -0.2) is 39.9 Å². The predicted molar refractivity (Wildman–Crippen MR) is 106 cm³/mol. The molecule has 1 aliphatic heterocycles. The Morgan fingerprint density at radius 2 is 1.85 bits per heavy atom. The van der Waals surface area contributed by atoms with E-state index >= 15 is 4.39 Å². The van der Waals surface area contributed by atoms with Gasteiger partial charge in [-0.25, -0.2) is 4.39 Å². The number of nitrogens with zero attached hydrogens (tertiary/aromatic N) is 1. The van der Waals surface area contributed by atoms with Crippen LogP contribution in [0, 0.1) is 0 Å². The van der Waals surface area contributed by atoms with Crippen LogP contribution in [0.5, 0.6) is 0 Å². The third-order valence-electron chi connectivity index (χ3n) is 5.14.